The van der Waals surface area contributed by atoms with Crippen LogP contribution in [0.5, 0.6) is 0 Å². The fourth-order valence-electron chi connectivity index (χ4n) is 2.53. The van der Waals surface area contributed by atoms with E-state index in [0.29, 0.717) is 0 Å². The topological polar surface area (TPSA) is 40.5 Å². The second kappa shape index (κ2) is 5.58. The number of hydrogen-bond acceptors (Lipinski definition) is 3. The molecule has 1 atom stereocenters. The highest BCUT2D eigenvalue weighted by molar-refractivity contribution is 7.17. The van der Waals surface area contributed by atoms with Crippen LogP contribution in [0.25, 0.3) is 10.1 Å². The van der Waals surface area contributed by atoms with E-state index in [1.807, 2.05) is 67.0 Å². The maximum absolute atomic E-state index is 11.8. The molecule has 1 N–H and O–H groups in total. The van der Waals surface area contributed by atoms with Gasteiger partial charge in [0.05, 0.1) is 0 Å². The van der Waals surface area contributed by atoms with E-state index in [0.717, 1.165) is 21.3 Å². The molecule has 0 aliphatic rings. The average molecular weight is 297 g/mol. The Morgan fingerprint density at radius 1 is 1.10 bits per heavy atom. The quantitative estimate of drug-likeness (QED) is 0.786. The highest BCUT2D eigenvalue weighted by atomic mass is 32.1. The summed E-state index contributed by atoms with van der Waals surface area (Å²) in [5, 5.41) is 12.7. The number of rotatable bonds is 4. The summed E-state index contributed by atoms with van der Waals surface area (Å²) in [6, 6.07) is 16.8. The number of likely N-dealkylation sites (N-methyl/N-ethyl adjacent to an activating group) is 1. The van der Waals surface area contributed by atoms with E-state index in [1.165, 1.54) is 0 Å². The normalized spacial score (nSPS) is 12.2. The molecule has 0 spiro atoms. The van der Waals surface area contributed by atoms with Crippen molar-refractivity contribution in [2.24, 2.45) is 0 Å². The van der Waals surface area contributed by atoms with E-state index in [1.54, 1.807) is 16.2 Å². The first-order valence-electron chi connectivity index (χ1n) is 6.65. The van der Waals surface area contributed by atoms with Gasteiger partial charge in [-0.05, 0) is 29.0 Å². The summed E-state index contributed by atoms with van der Waals surface area (Å²) in [5.41, 5.74) is 1.73. The number of hydrogen-bond donors (Lipinski definition) is 1. The fraction of sp³-hybridized carbons (Fsp3) is 0.118. The molecule has 0 saturated heterocycles. The predicted molar refractivity (Wildman–Crippen MR) is 87.0 cm³/mol. The van der Waals surface area contributed by atoms with E-state index in [2.05, 4.69) is 0 Å². The Balaban J connectivity index is 2.08. The van der Waals surface area contributed by atoms with Gasteiger partial charge in [-0.3, -0.25) is 0 Å². The lowest BCUT2D eigenvalue weighted by molar-refractivity contribution is -0.138. The molecule has 1 aromatic heterocycles. The number of fused-ring (bicyclic) bond motifs is 1. The molecule has 0 unspecified atom stereocenters. The zero-order valence-corrected chi connectivity index (χ0v) is 12.4. The van der Waals surface area contributed by atoms with Gasteiger partial charge in [0.25, 0.3) is 0 Å². The second-order valence-corrected chi connectivity index (χ2v) is 5.79. The summed E-state index contributed by atoms with van der Waals surface area (Å²) in [6.07, 6.45) is 0. The first-order valence-corrected chi connectivity index (χ1v) is 7.53. The van der Waals surface area contributed by atoms with Gasteiger partial charge in [0, 0.05) is 23.0 Å². The number of carboxylic acid groups (broad SMARTS) is 1. The first-order chi connectivity index (χ1) is 10.2. The number of carboxylic acids is 1. The molecular weight excluding hydrogens is 282 g/mol. The molecule has 2 aromatic carbocycles. The van der Waals surface area contributed by atoms with E-state index in [9.17, 15) is 9.90 Å². The highest BCUT2D eigenvalue weighted by Crippen LogP contribution is 2.34. The SMILES string of the molecule is CN(c1ccccc1)[C@@H](C(=O)O)c1csc2ccccc12. The van der Waals surface area contributed by atoms with Gasteiger partial charge in [-0.2, -0.15) is 0 Å². The molecular formula is C17H15NO2S. The van der Waals surface area contributed by atoms with Crippen molar-refractivity contribution in [3.05, 3.63) is 65.5 Å². The zero-order chi connectivity index (χ0) is 14.8. The Hall–Kier alpha value is -2.33. The number of benzene rings is 2. The van der Waals surface area contributed by atoms with Crippen molar-refractivity contribution in [2.75, 3.05) is 11.9 Å². The van der Waals surface area contributed by atoms with Crippen LogP contribution in [0.15, 0.2) is 60.0 Å². The monoisotopic (exact) mass is 297 g/mol. The third-order valence-electron chi connectivity index (χ3n) is 3.59. The van der Waals surface area contributed by atoms with Crippen molar-refractivity contribution >= 4 is 33.1 Å². The van der Waals surface area contributed by atoms with E-state index < -0.39 is 12.0 Å². The summed E-state index contributed by atoms with van der Waals surface area (Å²) in [6.45, 7) is 0. The fourth-order valence-corrected chi connectivity index (χ4v) is 3.51. The standard InChI is InChI=1S/C17H15NO2S/c1-18(12-7-3-2-4-8-12)16(17(19)20)14-11-21-15-10-6-5-9-13(14)15/h2-11,16H,1H3,(H,19,20)/t16-/m1/s1. The van der Waals surface area contributed by atoms with Crippen molar-refractivity contribution in [1.82, 2.24) is 0 Å². The van der Waals surface area contributed by atoms with Gasteiger partial charge >= 0.3 is 5.97 Å². The summed E-state index contributed by atoms with van der Waals surface area (Å²) in [5.74, 6) is -0.843. The van der Waals surface area contributed by atoms with E-state index >= 15 is 0 Å². The summed E-state index contributed by atoms with van der Waals surface area (Å²) in [4.78, 5) is 13.6. The van der Waals surface area contributed by atoms with Gasteiger partial charge in [0.1, 0.15) is 0 Å². The Bertz CT molecular complexity index is 767. The third kappa shape index (κ3) is 2.50. The summed E-state index contributed by atoms with van der Waals surface area (Å²) < 4.78 is 1.11. The van der Waals surface area contributed by atoms with Crippen LogP contribution >= 0.6 is 11.3 Å². The first kappa shape index (κ1) is 13.6. The van der Waals surface area contributed by atoms with Gasteiger partial charge in [-0.15, -0.1) is 11.3 Å². The third-order valence-corrected chi connectivity index (χ3v) is 4.57. The molecule has 0 saturated carbocycles. The van der Waals surface area contributed by atoms with Crippen LogP contribution in [0.1, 0.15) is 11.6 Å². The number of anilines is 1. The van der Waals surface area contributed by atoms with E-state index in [-0.39, 0.29) is 0 Å². The maximum atomic E-state index is 11.8. The number of carbonyl (C=O) groups is 1. The summed E-state index contributed by atoms with van der Waals surface area (Å²) in [7, 11) is 1.82. The van der Waals surface area contributed by atoms with Crippen molar-refractivity contribution in [1.29, 1.82) is 0 Å². The lowest BCUT2D eigenvalue weighted by Crippen LogP contribution is -2.30. The Labute approximate surface area is 127 Å². The van der Waals surface area contributed by atoms with Gasteiger partial charge in [-0.1, -0.05) is 36.4 Å². The van der Waals surface area contributed by atoms with Crippen LogP contribution in [0.4, 0.5) is 5.69 Å². The molecule has 3 rings (SSSR count). The number of para-hydroxylation sites is 1. The van der Waals surface area contributed by atoms with Crippen LogP contribution < -0.4 is 4.90 Å². The number of nitrogens with zero attached hydrogens (tertiary/aromatic N) is 1. The molecule has 0 fully saturated rings. The van der Waals surface area contributed by atoms with Gasteiger partial charge < -0.3 is 10.0 Å². The van der Waals surface area contributed by atoms with Crippen LogP contribution in [-0.2, 0) is 4.79 Å². The molecule has 1 heterocycles. The molecule has 4 heteroatoms. The van der Waals surface area contributed by atoms with E-state index in [4.69, 9.17) is 0 Å². The lowest BCUT2D eigenvalue weighted by Gasteiger charge is -2.26. The van der Waals surface area contributed by atoms with Crippen LogP contribution in [0, 0.1) is 0 Å². The molecule has 0 aliphatic heterocycles. The molecule has 3 aromatic rings. The summed E-state index contributed by atoms with van der Waals surface area (Å²) >= 11 is 1.58. The highest BCUT2D eigenvalue weighted by Gasteiger charge is 2.27. The largest absolute Gasteiger partial charge is 0.479 e. The number of thiophene rings is 1. The van der Waals surface area contributed by atoms with Crippen LogP contribution in [0.2, 0.25) is 0 Å². The minimum Gasteiger partial charge on any atom is -0.479 e. The minimum atomic E-state index is -0.843. The minimum absolute atomic E-state index is 0.691. The van der Waals surface area contributed by atoms with Crippen molar-refractivity contribution < 1.29 is 9.90 Å². The number of aliphatic carboxylic acids is 1. The Morgan fingerprint density at radius 3 is 2.48 bits per heavy atom. The molecule has 0 radical (unpaired) electrons. The van der Waals surface area contributed by atoms with Crippen LogP contribution in [0.3, 0.4) is 0 Å². The van der Waals surface area contributed by atoms with Crippen molar-refractivity contribution in [3.8, 4) is 0 Å². The molecule has 3 nitrogen and oxygen atoms in total. The molecule has 0 amide bonds. The maximum Gasteiger partial charge on any atom is 0.331 e. The van der Waals surface area contributed by atoms with Crippen molar-refractivity contribution in [3.63, 3.8) is 0 Å². The van der Waals surface area contributed by atoms with Gasteiger partial charge in [0.2, 0.25) is 0 Å². The van der Waals surface area contributed by atoms with Crippen molar-refractivity contribution in [2.45, 2.75) is 6.04 Å². The Kier molecular flexibility index (Phi) is 3.62. The lowest BCUT2D eigenvalue weighted by atomic mass is 10.0. The zero-order valence-electron chi connectivity index (χ0n) is 11.6. The molecule has 0 aliphatic carbocycles. The Morgan fingerprint density at radius 2 is 1.76 bits per heavy atom. The molecule has 21 heavy (non-hydrogen) atoms. The van der Waals surface area contributed by atoms with Crippen LogP contribution in [-0.4, -0.2) is 18.1 Å². The molecule has 0 bridgehead atoms. The second-order valence-electron chi connectivity index (χ2n) is 4.87. The smallest absolute Gasteiger partial charge is 0.331 e. The van der Waals surface area contributed by atoms with Gasteiger partial charge in [0.15, 0.2) is 6.04 Å². The predicted octanol–water partition coefficient (Wildman–Crippen LogP) is 4.16. The average Bonchev–Trinajstić information content (AvgIpc) is 2.92. The molecule has 106 valence electrons. The van der Waals surface area contributed by atoms with Gasteiger partial charge in [-0.25, -0.2) is 4.79 Å².